The monoisotopic (exact) mass is 191 g/mol. The van der Waals surface area contributed by atoms with Crippen LogP contribution >= 0.6 is 0 Å². The molecule has 0 fully saturated rings. The fraction of sp³-hybridized carbons (Fsp3) is 0. The predicted molar refractivity (Wildman–Crippen MR) is 50.0 cm³/mol. The number of hydrogen-bond donors (Lipinski definition) is 3. The van der Waals surface area contributed by atoms with E-state index in [2.05, 4.69) is 15.0 Å². The molecule has 0 aliphatic rings. The first-order valence-corrected chi connectivity index (χ1v) is 3.88. The Balaban J connectivity index is 2.74. The molecular weight excluding hydrogens is 185 g/mol. The van der Waals surface area contributed by atoms with Crippen molar-refractivity contribution in [2.24, 2.45) is 0 Å². The van der Waals surface area contributed by atoms with E-state index in [-0.39, 0.29) is 16.5 Å². The first-order chi connectivity index (χ1) is 6.68. The molecule has 0 saturated heterocycles. The number of pyridine rings is 1. The zero-order chi connectivity index (χ0) is 10.1. The number of nitrogens with zero attached hydrogens (tertiary/aromatic N) is 2. The SMILES string of the molecule is O=c1[nH]cnc2cc(B(O)O)cnc12. The summed E-state index contributed by atoms with van der Waals surface area (Å²) >= 11 is 0. The van der Waals surface area contributed by atoms with Crippen LogP contribution in [0, 0.1) is 0 Å². The summed E-state index contributed by atoms with van der Waals surface area (Å²) in [5.74, 6) is 0. The van der Waals surface area contributed by atoms with Crippen molar-refractivity contribution < 1.29 is 10.0 Å². The van der Waals surface area contributed by atoms with Crippen molar-refractivity contribution in [2.75, 3.05) is 0 Å². The summed E-state index contributed by atoms with van der Waals surface area (Å²) in [6.07, 6.45) is 2.46. The Hall–Kier alpha value is -1.73. The van der Waals surface area contributed by atoms with Gasteiger partial charge in [0.05, 0.1) is 11.8 Å². The molecule has 70 valence electrons. The Labute approximate surface area is 78.4 Å². The minimum absolute atomic E-state index is 0.178. The molecule has 0 saturated carbocycles. The van der Waals surface area contributed by atoms with Crippen LogP contribution in [0.4, 0.5) is 0 Å². The van der Waals surface area contributed by atoms with Crippen molar-refractivity contribution in [3.63, 3.8) is 0 Å². The Kier molecular flexibility index (Phi) is 2.03. The average molecular weight is 191 g/mol. The van der Waals surface area contributed by atoms with E-state index < -0.39 is 7.12 Å². The van der Waals surface area contributed by atoms with Crippen LogP contribution in [0.3, 0.4) is 0 Å². The molecule has 7 heteroatoms. The summed E-state index contributed by atoms with van der Waals surface area (Å²) in [6, 6.07) is 1.40. The Morgan fingerprint density at radius 1 is 1.36 bits per heavy atom. The van der Waals surface area contributed by atoms with Crippen molar-refractivity contribution in [1.29, 1.82) is 0 Å². The van der Waals surface area contributed by atoms with E-state index in [4.69, 9.17) is 10.0 Å². The van der Waals surface area contributed by atoms with Crippen LogP contribution in [-0.4, -0.2) is 32.1 Å². The van der Waals surface area contributed by atoms with Gasteiger partial charge in [-0.05, 0) is 6.07 Å². The van der Waals surface area contributed by atoms with Crippen molar-refractivity contribution in [1.82, 2.24) is 15.0 Å². The number of fused-ring (bicyclic) bond motifs is 1. The highest BCUT2D eigenvalue weighted by atomic mass is 16.4. The quantitative estimate of drug-likeness (QED) is 0.452. The molecule has 0 bridgehead atoms. The minimum atomic E-state index is -1.60. The van der Waals surface area contributed by atoms with Crippen molar-refractivity contribution in [3.05, 3.63) is 28.9 Å². The maximum atomic E-state index is 11.2. The molecule has 6 nitrogen and oxygen atoms in total. The van der Waals surface area contributed by atoms with Crippen LogP contribution in [0.5, 0.6) is 0 Å². The van der Waals surface area contributed by atoms with Gasteiger partial charge in [-0.2, -0.15) is 0 Å². The smallest absolute Gasteiger partial charge is 0.423 e. The van der Waals surface area contributed by atoms with Crippen molar-refractivity contribution in [3.8, 4) is 0 Å². The van der Waals surface area contributed by atoms with E-state index in [0.29, 0.717) is 5.52 Å². The molecule has 0 amide bonds. The van der Waals surface area contributed by atoms with Gasteiger partial charge in [-0.1, -0.05) is 0 Å². The maximum Gasteiger partial charge on any atom is 0.490 e. The van der Waals surface area contributed by atoms with E-state index in [0.717, 1.165) is 0 Å². The van der Waals surface area contributed by atoms with Gasteiger partial charge in [0.1, 0.15) is 0 Å². The minimum Gasteiger partial charge on any atom is -0.423 e. The molecule has 2 aromatic heterocycles. The first-order valence-electron chi connectivity index (χ1n) is 3.88. The van der Waals surface area contributed by atoms with Gasteiger partial charge in [0.15, 0.2) is 5.52 Å². The van der Waals surface area contributed by atoms with Crippen LogP contribution in [0.25, 0.3) is 11.0 Å². The van der Waals surface area contributed by atoms with Crippen molar-refractivity contribution >= 4 is 23.6 Å². The topological polar surface area (TPSA) is 99.1 Å². The molecule has 2 heterocycles. The van der Waals surface area contributed by atoms with Gasteiger partial charge in [0.25, 0.3) is 5.56 Å². The molecule has 0 unspecified atom stereocenters. The first kappa shape index (κ1) is 8.85. The molecular formula is C7H6BN3O3. The number of rotatable bonds is 1. The summed E-state index contributed by atoms with van der Waals surface area (Å²) < 4.78 is 0. The molecule has 3 N–H and O–H groups in total. The third-order valence-electron chi connectivity index (χ3n) is 1.80. The summed E-state index contributed by atoms with van der Waals surface area (Å²) in [6.45, 7) is 0. The number of hydrogen-bond acceptors (Lipinski definition) is 5. The lowest BCUT2D eigenvalue weighted by Gasteiger charge is -1.99. The fourth-order valence-electron chi connectivity index (χ4n) is 1.11. The van der Waals surface area contributed by atoms with Gasteiger partial charge in [-0.15, -0.1) is 0 Å². The highest BCUT2D eigenvalue weighted by Crippen LogP contribution is 1.98. The average Bonchev–Trinajstić information content (AvgIpc) is 2.17. The zero-order valence-corrected chi connectivity index (χ0v) is 7.01. The number of aromatic nitrogens is 3. The van der Waals surface area contributed by atoms with E-state index >= 15 is 0 Å². The summed E-state index contributed by atoms with van der Waals surface area (Å²) in [5.41, 5.74) is 0.362. The summed E-state index contributed by atoms with van der Waals surface area (Å²) in [7, 11) is -1.60. The molecule has 2 rings (SSSR count). The third-order valence-corrected chi connectivity index (χ3v) is 1.80. The lowest BCUT2D eigenvalue weighted by molar-refractivity contribution is 0.425. The van der Waals surface area contributed by atoms with Gasteiger partial charge < -0.3 is 15.0 Å². The van der Waals surface area contributed by atoms with Crippen LogP contribution in [0.15, 0.2) is 23.4 Å². The number of aromatic amines is 1. The second-order valence-corrected chi connectivity index (χ2v) is 2.74. The van der Waals surface area contributed by atoms with Crippen molar-refractivity contribution in [2.45, 2.75) is 0 Å². The Morgan fingerprint density at radius 2 is 2.14 bits per heavy atom. The van der Waals surface area contributed by atoms with Crippen LogP contribution in [-0.2, 0) is 0 Å². The van der Waals surface area contributed by atoms with Crippen LogP contribution < -0.4 is 11.0 Å². The molecule has 0 atom stereocenters. The van der Waals surface area contributed by atoms with Gasteiger partial charge in [0, 0.05) is 11.7 Å². The highest BCUT2D eigenvalue weighted by molar-refractivity contribution is 6.58. The molecule has 0 aliphatic heterocycles. The lowest BCUT2D eigenvalue weighted by atomic mass is 9.81. The highest BCUT2D eigenvalue weighted by Gasteiger charge is 2.12. The van der Waals surface area contributed by atoms with E-state index in [1.807, 2.05) is 0 Å². The maximum absolute atomic E-state index is 11.2. The second-order valence-electron chi connectivity index (χ2n) is 2.74. The summed E-state index contributed by atoms with van der Waals surface area (Å²) in [5, 5.41) is 17.7. The van der Waals surface area contributed by atoms with Crippen LogP contribution in [0.2, 0.25) is 0 Å². The molecule has 14 heavy (non-hydrogen) atoms. The number of nitrogens with one attached hydrogen (secondary N) is 1. The third kappa shape index (κ3) is 1.38. The molecule has 2 aromatic rings. The molecule has 0 radical (unpaired) electrons. The Morgan fingerprint density at radius 3 is 2.86 bits per heavy atom. The van der Waals surface area contributed by atoms with E-state index in [1.165, 1.54) is 18.6 Å². The predicted octanol–water partition coefficient (Wildman–Crippen LogP) is -2.00. The van der Waals surface area contributed by atoms with Crippen LogP contribution in [0.1, 0.15) is 0 Å². The normalized spacial score (nSPS) is 10.4. The van der Waals surface area contributed by atoms with Gasteiger partial charge >= 0.3 is 7.12 Å². The number of H-pyrrole nitrogens is 1. The molecule has 0 aliphatic carbocycles. The lowest BCUT2D eigenvalue weighted by Crippen LogP contribution is -2.30. The zero-order valence-electron chi connectivity index (χ0n) is 7.01. The summed E-state index contributed by atoms with van der Waals surface area (Å²) in [4.78, 5) is 21.2. The van der Waals surface area contributed by atoms with Gasteiger partial charge in [0.2, 0.25) is 0 Å². The molecule has 0 aromatic carbocycles. The second kappa shape index (κ2) is 3.20. The van der Waals surface area contributed by atoms with E-state index in [9.17, 15) is 4.79 Å². The van der Waals surface area contributed by atoms with Gasteiger partial charge in [-0.25, -0.2) is 9.97 Å². The fourth-order valence-corrected chi connectivity index (χ4v) is 1.11. The molecule has 0 spiro atoms. The largest absolute Gasteiger partial charge is 0.490 e. The standard InChI is InChI=1S/C7H6BN3O3/c12-7-6-5(10-3-11-7)1-4(2-9-6)8(13)14/h1-3,13-14H,(H,10,11,12). The van der Waals surface area contributed by atoms with Gasteiger partial charge in [-0.3, -0.25) is 4.79 Å². The van der Waals surface area contributed by atoms with E-state index in [1.54, 1.807) is 0 Å². The Bertz CT molecular complexity index is 525.